The Morgan fingerprint density at radius 3 is 2.64 bits per heavy atom. The molecule has 0 bridgehead atoms. The van der Waals surface area contributed by atoms with Crippen molar-refractivity contribution < 1.29 is 14.3 Å². The average molecular weight is 193 g/mol. The Morgan fingerprint density at radius 2 is 2.14 bits per heavy atom. The SMILES string of the molecule is CC(C)C(=O)C(=O)Oc1cccnc1. The molecule has 1 aromatic rings. The standard InChI is InChI=1S/C10H11NO3/c1-7(2)9(12)10(13)14-8-4-3-5-11-6-8/h3-7H,1-2H3. The molecule has 0 saturated carbocycles. The van der Waals surface area contributed by atoms with Gasteiger partial charge in [-0.2, -0.15) is 0 Å². The molecule has 0 saturated heterocycles. The number of esters is 1. The van der Waals surface area contributed by atoms with Crippen molar-refractivity contribution in [2.45, 2.75) is 13.8 Å². The fraction of sp³-hybridized carbons (Fsp3) is 0.300. The Kier molecular flexibility index (Phi) is 3.34. The topological polar surface area (TPSA) is 56.3 Å². The number of hydrogen-bond acceptors (Lipinski definition) is 4. The van der Waals surface area contributed by atoms with Crippen molar-refractivity contribution in [3.63, 3.8) is 0 Å². The summed E-state index contributed by atoms with van der Waals surface area (Å²) in [5.41, 5.74) is 0. The number of ketones is 1. The summed E-state index contributed by atoms with van der Waals surface area (Å²) in [5, 5.41) is 0. The molecule has 0 spiro atoms. The first-order chi connectivity index (χ1) is 6.61. The largest absolute Gasteiger partial charge is 0.419 e. The zero-order valence-corrected chi connectivity index (χ0v) is 8.06. The molecule has 14 heavy (non-hydrogen) atoms. The molecule has 0 unspecified atom stereocenters. The minimum Gasteiger partial charge on any atom is -0.419 e. The van der Waals surface area contributed by atoms with Crippen LogP contribution in [0.3, 0.4) is 0 Å². The van der Waals surface area contributed by atoms with Crippen LogP contribution in [0.2, 0.25) is 0 Å². The van der Waals surface area contributed by atoms with Crippen LogP contribution in [0.5, 0.6) is 5.75 Å². The van der Waals surface area contributed by atoms with Gasteiger partial charge in [-0.25, -0.2) is 4.79 Å². The summed E-state index contributed by atoms with van der Waals surface area (Å²) in [4.78, 5) is 26.1. The van der Waals surface area contributed by atoms with Gasteiger partial charge in [0.15, 0.2) is 0 Å². The summed E-state index contributed by atoms with van der Waals surface area (Å²) in [5.74, 6) is -1.44. The molecule has 0 atom stereocenters. The Hall–Kier alpha value is -1.71. The van der Waals surface area contributed by atoms with E-state index in [1.54, 1.807) is 32.2 Å². The molecule has 0 aliphatic rings. The molecule has 0 radical (unpaired) electrons. The first-order valence-electron chi connectivity index (χ1n) is 4.27. The Balaban J connectivity index is 2.63. The minimum atomic E-state index is -0.840. The van der Waals surface area contributed by atoms with Gasteiger partial charge in [-0.05, 0) is 12.1 Å². The third-order valence-corrected chi connectivity index (χ3v) is 1.57. The van der Waals surface area contributed by atoms with Gasteiger partial charge in [0.2, 0.25) is 5.78 Å². The van der Waals surface area contributed by atoms with Crippen molar-refractivity contribution in [1.29, 1.82) is 0 Å². The summed E-state index contributed by atoms with van der Waals surface area (Å²) in [6.45, 7) is 3.29. The van der Waals surface area contributed by atoms with E-state index in [0.717, 1.165) is 0 Å². The monoisotopic (exact) mass is 193 g/mol. The lowest BCUT2D eigenvalue weighted by Gasteiger charge is -2.03. The van der Waals surface area contributed by atoms with Crippen LogP contribution >= 0.6 is 0 Å². The lowest BCUT2D eigenvalue weighted by atomic mass is 10.1. The van der Waals surface area contributed by atoms with E-state index in [1.165, 1.54) is 6.20 Å². The van der Waals surface area contributed by atoms with Gasteiger partial charge in [-0.1, -0.05) is 13.8 Å². The van der Waals surface area contributed by atoms with Crippen molar-refractivity contribution in [1.82, 2.24) is 4.98 Å². The Bertz CT molecular complexity index is 332. The predicted octanol–water partition coefficient (Wildman–Crippen LogP) is 1.21. The van der Waals surface area contributed by atoms with Crippen LogP contribution in [0, 0.1) is 5.92 Å². The van der Waals surface area contributed by atoms with E-state index in [4.69, 9.17) is 4.74 Å². The fourth-order valence-electron chi connectivity index (χ4n) is 0.801. The van der Waals surface area contributed by atoms with Crippen molar-refractivity contribution in [2.75, 3.05) is 0 Å². The van der Waals surface area contributed by atoms with Crippen LogP contribution in [-0.4, -0.2) is 16.7 Å². The van der Waals surface area contributed by atoms with Gasteiger partial charge in [-0.3, -0.25) is 9.78 Å². The van der Waals surface area contributed by atoms with Crippen LogP contribution in [0.15, 0.2) is 24.5 Å². The van der Waals surface area contributed by atoms with Crippen LogP contribution in [0.25, 0.3) is 0 Å². The molecule has 1 heterocycles. The normalized spacial score (nSPS) is 9.93. The molecule has 1 aromatic heterocycles. The van der Waals surface area contributed by atoms with Gasteiger partial charge < -0.3 is 4.74 Å². The highest BCUT2D eigenvalue weighted by Crippen LogP contribution is 2.07. The number of nitrogens with zero attached hydrogens (tertiary/aromatic N) is 1. The Morgan fingerprint density at radius 1 is 1.43 bits per heavy atom. The number of rotatable bonds is 3. The van der Waals surface area contributed by atoms with Gasteiger partial charge in [0.25, 0.3) is 0 Å². The van der Waals surface area contributed by atoms with E-state index in [1.807, 2.05) is 0 Å². The quantitative estimate of drug-likeness (QED) is 0.534. The van der Waals surface area contributed by atoms with Crippen molar-refractivity contribution in [2.24, 2.45) is 5.92 Å². The van der Waals surface area contributed by atoms with Crippen LogP contribution in [0.4, 0.5) is 0 Å². The smallest absolute Gasteiger partial charge is 0.380 e. The predicted molar refractivity (Wildman–Crippen MR) is 49.7 cm³/mol. The summed E-state index contributed by atoms with van der Waals surface area (Å²) in [6.07, 6.45) is 2.94. The van der Waals surface area contributed by atoms with E-state index >= 15 is 0 Å². The van der Waals surface area contributed by atoms with E-state index in [-0.39, 0.29) is 11.7 Å². The average Bonchev–Trinajstić information content (AvgIpc) is 2.18. The van der Waals surface area contributed by atoms with E-state index < -0.39 is 11.8 Å². The highest BCUT2D eigenvalue weighted by Gasteiger charge is 2.19. The molecule has 0 fully saturated rings. The molecular weight excluding hydrogens is 182 g/mol. The van der Waals surface area contributed by atoms with Crippen LogP contribution in [0.1, 0.15) is 13.8 Å². The highest BCUT2D eigenvalue weighted by atomic mass is 16.5. The maximum absolute atomic E-state index is 11.2. The maximum atomic E-state index is 11.2. The van der Waals surface area contributed by atoms with E-state index in [0.29, 0.717) is 0 Å². The summed E-state index contributed by atoms with van der Waals surface area (Å²) < 4.78 is 4.79. The fourth-order valence-corrected chi connectivity index (χ4v) is 0.801. The van der Waals surface area contributed by atoms with Gasteiger partial charge in [0.1, 0.15) is 5.75 Å². The molecular formula is C10H11NO3. The second-order valence-corrected chi connectivity index (χ2v) is 3.10. The van der Waals surface area contributed by atoms with Crippen LogP contribution in [-0.2, 0) is 9.59 Å². The molecule has 0 aliphatic carbocycles. The van der Waals surface area contributed by atoms with E-state index in [2.05, 4.69) is 4.98 Å². The van der Waals surface area contributed by atoms with E-state index in [9.17, 15) is 9.59 Å². The highest BCUT2D eigenvalue weighted by molar-refractivity contribution is 6.34. The zero-order valence-electron chi connectivity index (χ0n) is 8.06. The molecule has 74 valence electrons. The van der Waals surface area contributed by atoms with Gasteiger partial charge >= 0.3 is 5.97 Å². The second-order valence-electron chi connectivity index (χ2n) is 3.10. The molecule has 0 amide bonds. The van der Waals surface area contributed by atoms with Gasteiger partial charge in [0, 0.05) is 12.1 Å². The number of carbonyl (C=O) groups excluding carboxylic acids is 2. The second kappa shape index (κ2) is 4.50. The van der Waals surface area contributed by atoms with Gasteiger partial charge in [0.05, 0.1) is 6.20 Å². The molecule has 0 aliphatic heterocycles. The number of ether oxygens (including phenoxy) is 1. The summed E-state index contributed by atoms with van der Waals surface area (Å²) in [7, 11) is 0. The first kappa shape index (κ1) is 10.4. The van der Waals surface area contributed by atoms with Crippen molar-refractivity contribution in [3.05, 3.63) is 24.5 Å². The van der Waals surface area contributed by atoms with Gasteiger partial charge in [-0.15, -0.1) is 0 Å². The molecule has 4 heteroatoms. The molecule has 4 nitrogen and oxygen atoms in total. The van der Waals surface area contributed by atoms with Crippen molar-refractivity contribution in [3.8, 4) is 5.75 Å². The van der Waals surface area contributed by atoms with Crippen molar-refractivity contribution >= 4 is 11.8 Å². The lowest BCUT2D eigenvalue weighted by molar-refractivity contribution is -0.148. The summed E-state index contributed by atoms with van der Waals surface area (Å²) >= 11 is 0. The summed E-state index contributed by atoms with van der Waals surface area (Å²) in [6, 6.07) is 3.20. The minimum absolute atomic E-state index is 0.284. The zero-order chi connectivity index (χ0) is 10.6. The number of hydrogen-bond donors (Lipinski definition) is 0. The third kappa shape index (κ3) is 2.65. The number of pyridine rings is 1. The number of aromatic nitrogens is 1. The molecule has 0 N–H and O–H groups in total. The lowest BCUT2D eigenvalue weighted by Crippen LogP contribution is -2.24. The third-order valence-electron chi connectivity index (χ3n) is 1.57. The number of Topliss-reactive ketones (excluding diaryl/α,β-unsaturated/α-hetero) is 1. The first-order valence-corrected chi connectivity index (χ1v) is 4.27. The molecule has 1 rings (SSSR count). The maximum Gasteiger partial charge on any atom is 0.380 e. The molecule has 0 aromatic carbocycles. The van der Waals surface area contributed by atoms with Crippen LogP contribution < -0.4 is 4.74 Å². The Labute approximate surface area is 81.9 Å². The number of carbonyl (C=O) groups is 2.